The van der Waals surface area contributed by atoms with Crippen molar-refractivity contribution in [2.75, 3.05) is 0 Å². The predicted octanol–water partition coefficient (Wildman–Crippen LogP) is 4.26. The minimum absolute atomic E-state index is 0.118. The number of carbonyl (C=O) groups excluding carboxylic acids is 1. The molecular weight excluding hydrogens is 254 g/mol. The Bertz CT molecular complexity index is 552. The lowest BCUT2D eigenvalue weighted by Gasteiger charge is -2.15. The van der Waals surface area contributed by atoms with E-state index in [2.05, 4.69) is 31.8 Å². The number of pyridine rings is 1. The summed E-state index contributed by atoms with van der Waals surface area (Å²) in [5.74, 6) is 0.226. The van der Waals surface area contributed by atoms with Gasteiger partial charge in [0.05, 0.1) is 4.88 Å². The number of Topliss-reactive ketones (excluding diaryl/α,β-unsaturated/α-hetero) is 1. The second-order valence-corrected chi connectivity index (χ2v) is 6.78. The second kappa shape index (κ2) is 5.66. The van der Waals surface area contributed by atoms with Crippen LogP contribution in [0.2, 0.25) is 0 Å². The summed E-state index contributed by atoms with van der Waals surface area (Å²) >= 11 is 1.62. The molecule has 2 heterocycles. The SMILES string of the molecule is CC(C)(C)c1ccc(C(=O)CCc2cccnc2)s1. The fourth-order valence-corrected chi connectivity index (χ4v) is 2.85. The van der Waals surface area contributed by atoms with Crippen LogP contribution >= 0.6 is 11.3 Å². The number of aromatic nitrogens is 1. The third kappa shape index (κ3) is 3.74. The van der Waals surface area contributed by atoms with E-state index in [1.807, 2.05) is 24.4 Å². The van der Waals surface area contributed by atoms with E-state index in [1.54, 1.807) is 17.5 Å². The van der Waals surface area contributed by atoms with Gasteiger partial charge in [-0.15, -0.1) is 11.3 Å². The molecule has 0 aliphatic carbocycles. The van der Waals surface area contributed by atoms with Crippen molar-refractivity contribution < 1.29 is 4.79 Å². The van der Waals surface area contributed by atoms with Gasteiger partial charge in [-0.2, -0.15) is 0 Å². The quantitative estimate of drug-likeness (QED) is 0.779. The molecule has 2 aromatic rings. The van der Waals surface area contributed by atoms with Gasteiger partial charge in [-0.05, 0) is 35.6 Å². The number of hydrogen-bond acceptors (Lipinski definition) is 3. The van der Waals surface area contributed by atoms with Gasteiger partial charge >= 0.3 is 0 Å². The minimum Gasteiger partial charge on any atom is -0.293 e. The van der Waals surface area contributed by atoms with Crippen molar-refractivity contribution in [1.29, 1.82) is 0 Å². The first kappa shape index (κ1) is 13.9. The molecule has 2 rings (SSSR count). The molecule has 0 aliphatic heterocycles. The molecule has 19 heavy (non-hydrogen) atoms. The van der Waals surface area contributed by atoms with Gasteiger partial charge in [-0.25, -0.2) is 0 Å². The molecule has 2 aromatic heterocycles. The summed E-state index contributed by atoms with van der Waals surface area (Å²) in [6, 6.07) is 7.94. The molecule has 0 aliphatic rings. The number of aryl methyl sites for hydroxylation is 1. The summed E-state index contributed by atoms with van der Waals surface area (Å²) in [7, 11) is 0. The van der Waals surface area contributed by atoms with Crippen molar-refractivity contribution in [2.24, 2.45) is 0 Å². The van der Waals surface area contributed by atoms with Gasteiger partial charge in [0.1, 0.15) is 0 Å². The van der Waals surface area contributed by atoms with Crippen LogP contribution in [0, 0.1) is 0 Å². The van der Waals surface area contributed by atoms with Gasteiger partial charge in [0.25, 0.3) is 0 Å². The third-order valence-electron chi connectivity index (χ3n) is 2.98. The summed E-state index contributed by atoms with van der Waals surface area (Å²) in [4.78, 5) is 18.3. The molecule has 0 N–H and O–H groups in total. The predicted molar refractivity (Wildman–Crippen MR) is 79.9 cm³/mol. The highest BCUT2D eigenvalue weighted by Gasteiger charge is 2.18. The summed E-state index contributed by atoms with van der Waals surface area (Å²) in [5, 5.41) is 0. The van der Waals surface area contributed by atoms with E-state index >= 15 is 0 Å². The largest absolute Gasteiger partial charge is 0.293 e. The van der Waals surface area contributed by atoms with Crippen LogP contribution in [-0.4, -0.2) is 10.8 Å². The maximum atomic E-state index is 12.1. The molecule has 0 fully saturated rings. The molecule has 0 bridgehead atoms. The summed E-state index contributed by atoms with van der Waals surface area (Å²) in [6.07, 6.45) is 4.88. The van der Waals surface area contributed by atoms with Gasteiger partial charge in [0.15, 0.2) is 5.78 Å². The Hall–Kier alpha value is -1.48. The van der Waals surface area contributed by atoms with Crippen LogP contribution in [0.1, 0.15) is 47.3 Å². The first-order chi connectivity index (χ1) is 8.97. The molecule has 2 nitrogen and oxygen atoms in total. The lowest BCUT2D eigenvalue weighted by molar-refractivity contribution is 0.0986. The monoisotopic (exact) mass is 273 g/mol. The summed E-state index contributed by atoms with van der Waals surface area (Å²) < 4.78 is 0. The van der Waals surface area contributed by atoms with Crippen LogP contribution in [-0.2, 0) is 11.8 Å². The number of carbonyl (C=O) groups is 1. The highest BCUT2D eigenvalue weighted by molar-refractivity contribution is 7.14. The molecule has 0 radical (unpaired) electrons. The molecule has 3 heteroatoms. The average molecular weight is 273 g/mol. The zero-order chi connectivity index (χ0) is 13.9. The first-order valence-corrected chi connectivity index (χ1v) is 7.31. The molecular formula is C16H19NOS. The Morgan fingerprint density at radius 3 is 2.63 bits per heavy atom. The van der Waals surface area contributed by atoms with Crippen molar-refractivity contribution in [3.8, 4) is 0 Å². The Kier molecular flexibility index (Phi) is 4.15. The normalized spacial score (nSPS) is 11.5. The molecule has 0 saturated carbocycles. The number of rotatable bonds is 4. The van der Waals surface area contributed by atoms with Crippen molar-refractivity contribution in [3.63, 3.8) is 0 Å². The second-order valence-electron chi connectivity index (χ2n) is 5.70. The maximum absolute atomic E-state index is 12.1. The first-order valence-electron chi connectivity index (χ1n) is 6.49. The topological polar surface area (TPSA) is 30.0 Å². The lowest BCUT2D eigenvalue weighted by Crippen LogP contribution is -2.07. The lowest BCUT2D eigenvalue weighted by atomic mass is 9.95. The Balaban J connectivity index is 1.99. The molecule has 0 aromatic carbocycles. The highest BCUT2D eigenvalue weighted by Crippen LogP contribution is 2.30. The van der Waals surface area contributed by atoms with Crippen molar-refractivity contribution in [1.82, 2.24) is 4.98 Å². The van der Waals surface area contributed by atoms with Crippen LogP contribution in [0.5, 0.6) is 0 Å². The van der Waals surface area contributed by atoms with E-state index in [4.69, 9.17) is 0 Å². The van der Waals surface area contributed by atoms with Gasteiger partial charge in [-0.3, -0.25) is 9.78 Å². The molecule has 100 valence electrons. The molecule has 0 unspecified atom stereocenters. The number of nitrogens with zero attached hydrogens (tertiary/aromatic N) is 1. The molecule has 0 spiro atoms. The van der Waals surface area contributed by atoms with Crippen molar-refractivity contribution in [3.05, 3.63) is 52.0 Å². The Morgan fingerprint density at radius 2 is 2.05 bits per heavy atom. The van der Waals surface area contributed by atoms with Crippen molar-refractivity contribution in [2.45, 2.75) is 39.0 Å². The fraction of sp³-hybridized carbons (Fsp3) is 0.375. The highest BCUT2D eigenvalue weighted by atomic mass is 32.1. The van der Waals surface area contributed by atoms with Crippen LogP contribution < -0.4 is 0 Å². The van der Waals surface area contributed by atoms with E-state index in [0.717, 1.165) is 16.9 Å². The molecule has 0 amide bonds. The zero-order valence-electron chi connectivity index (χ0n) is 11.6. The van der Waals surface area contributed by atoms with Crippen LogP contribution in [0.25, 0.3) is 0 Å². The van der Waals surface area contributed by atoms with Gasteiger partial charge < -0.3 is 0 Å². The van der Waals surface area contributed by atoms with Gasteiger partial charge in [0.2, 0.25) is 0 Å². The summed E-state index contributed by atoms with van der Waals surface area (Å²) in [6.45, 7) is 6.51. The number of hydrogen-bond donors (Lipinski definition) is 0. The fourth-order valence-electron chi connectivity index (χ4n) is 1.82. The van der Waals surface area contributed by atoms with E-state index in [9.17, 15) is 4.79 Å². The van der Waals surface area contributed by atoms with Gasteiger partial charge in [-0.1, -0.05) is 26.8 Å². The van der Waals surface area contributed by atoms with Gasteiger partial charge in [0, 0.05) is 23.7 Å². The van der Waals surface area contributed by atoms with Crippen LogP contribution in [0.4, 0.5) is 0 Å². The zero-order valence-corrected chi connectivity index (χ0v) is 12.5. The van der Waals surface area contributed by atoms with Crippen LogP contribution in [0.15, 0.2) is 36.7 Å². The van der Waals surface area contributed by atoms with E-state index in [-0.39, 0.29) is 11.2 Å². The van der Waals surface area contributed by atoms with E-state index < -0.39 is 0 Å². The average Bonchev–Trinajstić information content (AvgIpc) is 2.87. The number of ketones is 1. The smallest absolute Gasteiger partial charge is 0.173 e. The standard InChI is InChI=1S/C16H19NOS/c1-16(2,3)15-9-8-14(19-15)13(18)7-6-12-5-4-10-17-11-12/h4-5,8-11H,6-7H2,1-3H3. The Morgan fingerprint density at radius 1 is 1.26 bits per heavy atom. The molecule has 0 atom stereocenters. The van der Waals surface area contributed by atoms with E-state index in [0.29, 0.717) is 6.42 Å². The summed E-state index contributed by atoms with van der Waals surface area (Å²) in [5.41, 5.74) is 1.23. The van der Waals surface area contributed by atoms with Crippen LogP contribution in [0.3, 0.4) is 0 Å². The van der Waals surface area contributed by atoms with E-state index in [1.165, 1.54) is 4.88 Å². The number of thiophene rings is 1. The third-order valence-corrected chi connectivity index (χ3v) is 4.54. The Labute approximate surface area is 118 Å². The molecule has 0 saturated heterocycles. The minimum atomic E-state index is 0.118. The van der Waals surface area contributed by atoms with Crippen molar-refractivity contribution >= 4 is 17.1 Å². The maximum Gasteiger partial charge on any atom is 0.173 e.